The summed E-state index contributed by atoms with van der Waals surface area (Å²) in [6.07, 6.45) is -15.0. The molecule has 0 heterocycles. The molecule has 0 amide bonds. The molecule has 102 heavy (non-hydrogen) atoms. The molecule has 0 spiro atoms. The van der Waals surface area contributed by atoms with Crippen LogP contribution in [-0.2, 0) is 0 Å². The van der Waals surface area contributed by atoms with Crippen molar-refractivity contribution in [1.29, 1.82) is 0 Å². The van der Waals surface area contributed by atoms with Gasteiger partial charge in [0.1, 0.15) is 0 Å². The molecule has 0 aromatic carbocycles. The minimum atomic E-state index is -9.76. The van der Waals surface area contributed by atoms with Crippen molar-refractivity contribution in [3.63, 3.8) is 0 Å². The molecule has 0 aliphatic rings. The van der Waals surface area contributed by atoms with Crippen LogP contribution in [-0.4, -0.2) is 119 Å². The molecule has 0 saturated carbocycles. The van der Waals surface area contributed by atoms with E-state index in [0.717, 1.165) is 89.9 Å². The van der Waals surface area contributed by atoms with Crippen molar-refractivity contribution in [2.24, 2.45) is 11.8 Å². The van der Waals surface area contributed by atoms with Crippen LogP contribution < -0.4 is 0 Å². The predicted octanol–water partition coefficient (Wildman–Crippen LogP) is 28.9. The summed E-state index contributed by atoms with van der Waals surface area (Å²) in [5.74, 6) is -173. The Labute approximate surface area is 559 Å². The van der Waals surface area contributed by atoms with Gasteiger partial charge >= 0.3 is 119 Å². The van der Waals surface area contributed by atoms with Crippen LogP contribution in [0.5, 0.6) is 0 Å². The van der Waals surface area contributed by atoms with Gasteiger partial charge in [-0.25, -0.2) is 0 Å². The van der Waals surface area contributed by atoms with Crippen LogP contribution in [0.4, 0.5) is 184 Å². The summed E-state index contributed by atoms with van der Waals surface area (Å²) in [6, 6.07) is 0. The Kier molecular flexibility index (Phi) is 35.5. The van der Waals surface area contributed by atoms with E-state index in [1.54, 1.807) is 0 Å². The van der Waals surface area contributed by atoms with Gasteiger partial charge in [0.25, 0.3) is 0 Å². The number of alkyl halides is 42. The first kappa shape index (κ1) is 99.1. The highest BCUT2D eigenvalue weighted by atomic mass is 19.5. The summed E-state index contributed by atoms with van der Waals surface area (Å²) >= 11 is 0. The van der Waals surface area contributed by atoms with E-state index >= 15 is 52.7 Å². The lowest BCUT2D eigenvalue weighted by atomic mass is 9.74. The molecule has 0 nitrogen and oxygen atoms in total. The lowest BCUT2D eigenvalue weighted by Crippen LogP contribution is -2.77. The average molecular weight is 1600 g/mol. The second-order valence-corrected chi connectivity index (χ2v) is 25.7. The third kappa shape index (κ3) is 20.5. The standard InChI is InChI=1S/C60H80F42/c1-3-5-7-9-11-13-15-17-19-21-23-25-27-29-31-33-35-39(37-41(61,62)43(65,66)45(69,70)47(73,74)49(77,78)51(81,82)53(85,86)55(89,90)57(93,94)59(97,98)99)40(36-34-32-30-28-26-24-22-20-18-16-14-12-10-8-6-4-2)38-42(63,64)44(67,68)46(71,72)48(75,76)50(79,80)52(83,84)54(87,88)56(91,92)58(95,96)60(100,101)102/h39-40H,3-38H2,1-2H3. The predicted molar refractivity (Wildman–Crippen MR) is 286 cm³/mol. The average Bonchev–Trinajstić information content (AvgIpc) is 0.692. The highest BCUT2D eigenvalue weighted by Gasteiger charge is 3.00. The van der Waals surface area contributed by atoms with E-state index in [4.69, 9.17) is 0 Å². The lowest BCUT2D eigenvalue weighted by molar-refractivity contribution is -0.474. The van der Waals surface area contributed by atoms with Gasteiger partial charge in [0.2, 0.25) is 0 Å². The van der Waals surface area contributed by atoms with E-state index in [2.05, 4.69) is 0 Å². The molecule has 42 heteroatoms. The van der Waals surface area contributed by atoms with Crippen LogP contribution in [0.3, 0.4) is 0 Å². The third-order valence-corrected chi connectivity index (χ3v) is 17.7. The Balaban J connectivity index is 8.11. The molecule has 2 atom stereocenters. The number of halogens is 42. The van der Waals surface area contributed by atoms with Crippen LogP contribution >= 0.6 is 0 Å². The molecule has 0 aromatic heterocycles. The lowest BCUT2D eigenvalue weighted by Gasteiger charge is -2.45. The fourth-order valence-corrected chi connectivity index (χ4v) is 11.0. The van der Waals surface area contributed by atoms with Gasteiger partial charge < -0.3 is 0 Å². The second-order valence-electron chi connectivity index (χ2n) is 25.7. The minimum Gasteiger partial charge on any atom is -0.200 e. The first-order valence-electron chi connectivity index (χ1n) is 32.5. The van der Waals surface area contributed by atoms with Crippen LogP contribution in [0.2, 0.25) is 0 Å². The molecule has 0 aliphatic carbocycles. The van der Waals surface area contributed by atoms with Gasteiger partial charge in [-0.3, -0.25) is 0 Å². The maximum atomic E-state index is 16.0. The molecule has 0 rings (SSSR count). The molecule has 614 valence electrons. The van der Waals surface area contributed by atoms with Gasteiger partial charge in [-0.05, 0) is 24.7 Å². The number of rotatable bonds is 55. The highest BCUT2D eigenvalue weighted by molar-refractivity contribution is 5.20. The van der Waals surface area contributed by atoms with Crippen molar-refractivity contribution >= 4 is 0 Å². The molecule has 0 bridgehead atoms. The van der Waals surface area contributed by atoms with E-state index < -0.39 is 182 Å². The molecule has 0 saturated heterocycles. The zero-order valence-electron chi connectivity index (χ0n) is 54.5. The fraction of sp³-hybridized carbons (Fsp3) is 1.00. The first-order chi connectivity index (χ1) is 45.6. The molecule has 0 radical (unpaired) electrons. The minimum absolute atomic E-state index is 0.0243. The summed E-state index contributed by atoms with van der Waals surface area (Å²) in [6.45, 7) is 3.96. The second kappa shape index (κ2) is 36.5. The number of unbranched alkanes of at least 4 members (excludes halogenated alkanes) is 30. The van der Waals surface area contributed by atoms with Gasteiger partial charge in [-0.15, -0.1) is 0 Å². The summed E-state index contributed by atoms with van der Waals surface area (Å²) < 4.78 is 606. The van der Waals surface area contributed by atoms with Crippen LogP contribution in [0.15, 0.2) is 0 Å². The Morgan fingerprint density at radius 3 is 0.402 bits per heavy atom. The molecule has 0 aliphatic heterocycles. The molecule has 0 N–H and O–H groups in total. The van der Waals surface area contributed by atoms with Crippen molar-refractivity contribution in [2.75, 3.05) is 0 Å². The van der Waals surface area contributed by atoms with Crippen LogP contribution in [0.1, 0.15) is 245 Å². The maximum Gasteiger partial charge on any atom is 0.460 e. The summed E-state index contributed by atoms with van der Waals surface area (Å²) in [4.78, 5) is 0. The fourth-order valence-electron chi connectivity index (χ4n) is 11.0. The Hall–Kier alpha value is -2.94. The molecular formula is C60H80F42. The zero-order valence-corrected chi connectivity index (χ0v) is 54.5. The first-order valence-corrected chi connectivity index (χ1v) is 32.5. The van der Waals surface area contributed by atoms with E-state index in [-0.39, 0.29) is 38.5 Å². The summed E-state index contributed by atoms with van der Waals surface area (Å²) in [5.41, 5.74) is 0. The summed E-state index contributed by atoms with van der Waals surface area (Å²) in [7, 11) is 0. The Morgan fingerprint density at radius 2 is 0.265 bits per heavy atom. The van der Waals surface area contributed by atoms with E-state index in [1.807, 2.05) is 13.8 Å². The molecule has 0 aromatic rings. The Bertz CT molecular complexity index is 2220. The normalized spacial score (nSPS) is 16.0. The quantitative estimate of drug-likeness (QED) is 0.0421. The van der Waals surface area contributed by atoms with Crippen LogP contribution in [0, 0.1) is 11.8 Å². The van der Waals surface area contributed by atoms with Crippen LogP contribution in [0.25, 0.3) is 0 Å². The smallest absolute Gasteiger partial charge is 0.200 e. The third-order valence-electron chi connectivity index (χ3n) is 17.7. The Morgan fingerprint density at radius 1 is 0.147 bits per heavy atom. The SMILES string of the molecule is CCCCCCCCCCCCCCCCCCC(CC(F)(F)C(F)(F)C(F)(F)C(F)(F)C(F)(F)C(F)(F)C(F)(F)C(F)(F)C(F)(F)C(F)(F)F)C(CCCCCCCCCCCCCCCCCC)CC(F)(F)C(F)(F)C(F)(F)C(F)(F)C(F)(F)C(F)(F)C(F)(F)C(F)(F)C(F)(F)C(F)(F)F. The van der Waals surface area contributed by atoms with Crippen molar-refractivity contribution in [1.82, 2.24) is 0 Å². The number of hydrogen-bond donors (Lipinski definition) is 0. The van der Waals surface area contributed by atoms with E-state index in [1.165, 1.54) is 0 Å². The molecule has 0 fully saturated rings. The van der Waals surface area contributed by atoms with Gasteiger partial charge in [-0.1, -0.05) is 219 Å². The molecular weight excluding hydrogens is 1520 g/mol. The van der Waals surface area contributed by atoms with Crippen molar-refractivity contribution in [2.45, 2.75) is 364 Å². The van der Waals surface area contributed by atoms with Crippen molar-refractivity contribution < 1.29 is 184 Å². The molecule has 2 unspecified atom stereocenters. The van der Waals surface area contributed by atoms with E-state index in [0.29, 0.717) is 51.4 Å². The maximum absolute atomic E-state index is 16.0. The topological polar surface area (TPSA) is 0 Å². The van der Waals surface area contributed by atoms with E-state index in [9.17, 15) is 132 Å². The van der Waals surface area contributed by atoms with Crippen molar-refractivity contribution in [3.05, 3.63) is 0 Å². The largest absolute Gasteiger partial charge is 0.460 e. The van der Waals surface area contributed by atoms with Gasteiger partial charge in [0.05, 0.1) is 0 Å². The van der Waals surface area contributed by atoms with Gasteiger partial charge in [0, 0.05) is 12.8 Å². The number of hydrogen-bond acceptors (Lipinski definition) is 0. The van der Waals surface area contributed by atoms with Gasteiger partial charge in [0.15, 0.2) is 0 Å². The zero-order chi connectivity index (χ0) is 80.6. The summed E-state index contributed by atoms with van der Waals surface area (Å²) in [5, 5.41) is 0. The monoisotopic (exact) mass is 1600 g/mol. The van der Waals surface area contributed by atoms with Gasteiger partial charge in [-0.2, -0.15) is 184 Å². The highest BCUT2D eigenvalue weighted by Crippen LogP contribution is 2.70. The van der Waals surface area contributed by atoms with Crippen molar-refractivity contribution in [3.8, 4) is 0 Å².